The van der Waals surface area contributed by atoms with Crippen molar-refractivity contribution in [3.63, 3.8) is 0 Å². The number of nitrogens with one attached hydrogen (secondary N) is 2. The van der Waals surface area contributed by atoms with Gasteiger partial charge in [0.2, 0.25) is 0 Å². The van der Waals surface area contributed by atoms with E-state index in [9.17, 15) is 9.59 Å². The van der Waals surface area contributed by atoms with E-state index in [0.717, 1.165) is 31.2 Å². The number of hydrogen-bond acceptors (Lipinski definition) is 6. The molecule has 0 saturated heterocycles. The van der Waals surface area contributed by atoms with E-state index in [4.69, 9.17) is 21.7 Å². The molecular formula is C21H24N2O4S2. The second-order valence-electron chi connectivity index (χ2n) is 6.52. The predicted octanol–water partition coefficient (Wildman–Crippen LogP) is 4.79. The number of thiophene rings is 1. The van der Waals surface area contributed by atoms with Gasteiger partial charge < -0.3 is 20.1 Å². The van der Waals surface area contributed by atoms with Gasteiger partial charge >= 0.3 is 11.9 Å². The number of esters is 2. The summed E-state index contributed by atoms with van der Waals surface area (Å²) in [6, 6.07) is 6.93. The van der Waals surface area contributed by atoms with Crippen LogP contribution >= 0.6 is 23.6 Å². The summed E-state index contributed by atoms with van der Waals surface area (Å²) in [5.41, 5.74) is 2.77. The van der Waals surface area contributed by atoms with E-state index < -0.39 is 0 Å². The maximum absolute atomic E-state index is 12.5. The van der Waals surface area contributed by atoms with Crippen LogP contribution in [-0.2, 0) is 22.3 Å². The second-order valence-corrected chi connectivity index (χ2v) is 8.03. The summed E-state index contributed by atoms with van der Waals surface area (Å²) < 4.78 is 10.3. The molecule has 8 heteroatoms. The number of thiocarbonyl (C=S) groups is 1. The minimum absolute atomic E-state index is 0.316. The third-order valence-corrected chi connectivity index (χ3v) is 5.92. The molecule has 154 valence electrons. The number of carbonyl (C=O) groups is 2. The molecule has 1 aliphatic carbocycles. The smallest absolute Gasteiger partial charge is 0.341 e. The Labute approximate surface area is 179 Å². The van der Waals surface area contributed by atoms with E-state index >= 15 is 0 Å². The molecule has 0 amide bonds. The van der Waals surface area contributed by atoms with Crippen LogP contribution in [0.2, 0.25) is 0 Å². The molecule has 2 aromatic rings. The fraction of sp³-hybridized carbons (Fsp3) is 0.381. The second kappa shape index (κ2) is 9.84. The van der Waals surface area contributed by atoms with Gasteiger partial charge in [-0.1, -0.05) is 6.07 Å². The lowest BCUT2D eigenvalue weighted by molar-refractivity contribution is 0.0517. The van der Waals surface area contributed by atoms with Crippen LogP contribution in [0.5, 0.6) is 0 Å². The molecule has 0 aliphatic heterocycles. The Bertz CT molecular complexity index is 923. The minimum atomic E-state index is -0.384. The van der Waals surface area contributed by atoms with Gasteiger partial charge in [-0.05, 0) is 75.5 Å². The first-order valence-electron chi connectivity index (χ1n) is 9.70. The van der Waals surface area contributed by atoms with Gasteiger partial charge in [0.25, 0.3) is 0 Å². The van der Waals surface area contributed by atoms with Gasteiger partial charge in [0.1, 0.15) is 5.00 Å². The normalized spacial score (nSPS) is 12.6. The van der Waals surface area contributed by atoms with E-state index in [1.807, 2.05) is 6.07 Å². The molecule has 29 heavy (non-hydrogen) atoms. The number of hydrogen-bond donors (Lipinski definition) is 2. The standard InChI is InChI=1S/C21H24N2O4S2/c1-3-26-19(24)13-8-7-9-14(12-13)22-21(28)23-18-17(20(25)27-4-2)15-10-5-6-11-16(15)29-18/h7-9,12H,3-6,10-11H2,1-2H3,(H2,22,23,28). The van der Waals surface area contributed by atoms with Gasteiger partial charge in [-0.3, -0.25) is 0 Å². The van der Waals surface area contributed by atoms with Crippen molar-refractivity contribution < 1.29 is 19.1 Å². The highest BCUT2D eigenvalue weighted by molar-refractivity contribution is 7.80. The third-order valence-electron chi connectivity index (χ3n) is 4.51. The largest absolute Gasteiger partial charge is 0.462 e. The fourth-order valence-electron chi connectivity index (χ4n) is 3.28. The van der Waals surface area contributed by atoms with Crippen molar-refractivity contribution in [2.24, 2.45) is 0 Å². The highest BCUT2D eigenvalue weighted by Crippen LogP contribution is 2.38. The Balaban J connectivity index is 1.77. The van der Waals surface area contributed by atoms with Crippen LogP contribution in [-0.4, -0.2) is 30.3 Å². The fourth-order valence-corrected chi connectivity index (χ4v) is 4.84. The van der Waals surface area contributed by atoms with Crippen molar-refractivity contribution in [3.8, 4) is 0 Å². The molecule has 0 spiro atoms. The zero-order valence-electron chi connectivity index (χ0n) is 16.5. The third kappa shape index (κ3) is 5.13. The highest BCUT2D eigenvalue weighted by Gasteiger charge is 2.26. The lowest BCUT2D eigenvalue weighted by Crippen LogP contribution is -2.20. The first-order valence-corrected chi connectivity index (χ1v) is 10.9. The molecule has 0 radical (unpaired) electrons. The lowest BCUT2D eigenvalue weighted by Gasteiger charge is -2.13. The van der Waals surface area contributed by atoms with Crippen molar-refractivity contribution in [1.82, 2.24) is 0 Å². The summed E-state index contributed by atoms with van der Waals surface area (Å²) in [6.45, 7) is 4.20. The van der Waals surface area contributed by atoms with Crippen LogP contribution in [0, 0.1) is 0 Å². The number of rotatable bonds is 6. The van der Waals surface area contributed by atoms with Crippen molar-refractivity contribution in [2.75, 3.05) is 23.8 Å². The number of aryl methyl sites for hydroxylation is 1. The summed E-state index contributed by atoms with van der Waals surface area (Å²) in [4.78, 5) is 25.7. The SMILES string of the molecule is CCOC(=O)c1cccc(NC(=S)Nc2sc3c(c2C(=O)OCC)CCCC3)c1. The minimum Gasteiger partial charge on any atom is -0.462 e. The Hall–Kier alpha value is -2.45. The van der Waals surface area contributed by atoms with Crippen molar-refractivity contribution in [1.29, 1.82) is 0 Å². The molecule has 0 bridgehead atoms. The summed E-state index contributed by atoms with van der Waals surface area (Å²) in [5, 5.41) is 7.27. The predicted molar refractivity (Wildman–Crippen MR) is 119 cm³/mol. The Morgan fingerprint density at radius 1 is 1.07 bits per heavy atom. The van der Waals surface area contributed by atoms with Crippen LogP contribution in [0.4, 0.5) is 10.7 Å². The molecule has 6 nitrogen and oxygen atoms in total. The number of ether oxygens (including phenoxy) is 2. The molecule has 1 aliphatic rings. The average molecular weight is 433 g/mol. The van der Waals surface area contributed by atoms with Crippen molar-refractivity contribution in [2.45, 2.75) is 39.5 Å². The summed E-state index contributed by atoms with van der Waals surface area (Å²) in [6.07, 6.45) is 4.04. The maximum Gasteiger partial charge on any atom is 0.341 e. The van der Waals surface area contributed by atoms with Gasteiger partial charge in [-0.15, -0.1) is 11.3 Å². The van der Waals surface area contributed by atoms with Crippen LogP contribution in [0.3, 0.4) is 0 Å². The molecule has 0 fully saturated rings. The first-order chi connectivity index (χ1) is 14.0. The first kappa shape index (κ1) is 21.3. The molecule has 1 aromatic heterocycles. The summed E-state index contributed by atoms with van der Waals surface area (Å²) >= 11 is 7.00. The van der Waals surface area contributed by atoms with Crippen LogP contribution < -0.4 is 10.6 Å². The zero-order chi connectivity index (χ0) is 20.8. The van der Waals surface area contributed by atoms with Gasteiger partial charge in [0, 0.05) is 10.6 Å². The van der Waals surface area contributed by atoms with Crippen LogP contribution in [0.15, 0.2) is 24.3 Å². The lowest BCUT2D eigenvalue weighted by atomic mass is 9.95. The van der Waals surface area contributed by atoms with Crippen LogP contribution in [0.1, 0.15) is 57.8 Å². The number of benzene rings is 1. The van der Waals surface area contributed by atoms with Gasteiger partial charge in [-0.2, -0.15) is 0 Å². The van der Waals surface area contributed by atoms with E-state index in [-0.39, 0.29) is 11.9 Å². The van der Waals surface area contributed by atoms with Crippen molar-refractivity contribution >= 4 is 51.3 Å². The van der Waals surface area contributed by atoms with E-state index in [1.54, 1.807) is 43.4 Å². The number of anilines is 2. The Morgan fingerprint density at radius 2 is 1.79 bits per heavy atom. The van der Waals surface area contributed by atoms with E-state index in [2.05, 4.69) is 10.6 Å². The molecule has 0 unspecified atom stereocenters. The summed E-state index contributed by atoms with van der Waals surface area (Å²) in [7, 11) is 0. The number of fused-ring (bicyclic) bond motifs is 1. The maximum atomic E-state index is 12.5. The highest BCUT2D eigenvalue weighted by atomic mass is 32.1. The van der Waals surface area contributed by atoms with Gasteiger partial charge in [-0.25, -0.2) is 9.59 Å². The molecule has 1 aromatic carbocycles. The van der Waals surface area contributed by atoms with Gasteiger partial charge in [0.05, 0.1) is 24.3 Å². The monoisotopic (exact) mass is 432 g/mol. The quantitative estimate of drug-likeness (QED) is 0.502. The van der Waals surface area contributed by atoms with Gasteiger partial charge in [0.15, 0.2) is 5.11 Å². The molecule has 1 heterocycles. The Morgan fingerprint density at radius 3 is 2.55 bits per heavy atom. The summed E-state index contributed by atoms with van der Waals surface area (Å²) in [5.74, 6) is -0.702. The molecular weight excluding hydrogens is 408 g/mol. The van der Waals surface area contributed by atoms with E-state index in [1.165, 1.54) is 4.88 Å². The number of carbonyl (C=O) groups excluding carboxylic acids is 2. The molecule has 0 atom stereocenters. The molecule has 3 rings (SSSR count). The zero-order valence-corrected chi connectivity index (χ0v) is 18.1. The molecule has 2 N–H and O–H groups in total. The average Bonchev–Trinajstić information content (AvgIpc) is 3.06. The van der Waals surface area contributed by atoms with Crippen molar-refractivity contribution in [3.05, 3.63) is 45.8 Å². The Kier molecular flexibility index (Phi) is 7.22. The van der Waals surface area contributed by atoms with E-state index in [0.29, 0.717) is 40.1 Å². The van der Waals surface area contributed by atoms with Crippen LogP contribution in [0.25, 0.3) is 0 Å². The molecule has 0 saturated carbocycles. The topological polar surface area (TPSA) is 76.7 Å².